The predicted octanol–water partition coefficient (Wildman–Crippen LogP) is 0.318. The van der Waals surface area contributed by atoms with Crippen molar-refractivity contribution in [2.45, 2.75) is 25.4 Å². The lowest BCUT2D eigenvalue weighted by Gasteiger charge is -2.33. The Labute approximate surface area is 78.6 Å². The normalized spacial score (nSPS) is 28.6. The Morgan fingerprint density at radius 2 is 2.46 bits per heavy atom. The summed E-state index contributed by atoms with van der Waals surface area (Å²) < 4.78 is 10.4. The van der Waals surface area contributed by atoms with Crippen LogP contribution in [0.5, 0.6) is 0 Å². The highest BCUT2D eigenvalue weighted by Gasteiger charge is 2.29. The molecule has 13 heavy (non-hydrogen) atoms. The Hall–Kier alpha value is -0.610. The Morgan fingerprint density at radius 3 is 3.00 bits per heavy atom. The monoisotopic (exact) mass is 187 g/mol. The van der Waals surface area contributed by atoms with E-state index in [1.807, 2.05) is 6.92 Å². The van der Waals surface area contributed by atoms with Crippen LogP contribution in [0.25, 0.3) is 0 Å². The maximum Gasteiger partial charge on any atom is 0.246 e. The van der Waals surface area contributed by atoms with Crippen LogP contribution in [0.2, 0.25) is 0 Å². The molecule has 0 aromatic rings. The molecule has 1 aliphatic rings. The Morgan fingerprint density at radius 1 is 1.69 bits per heavy atom. The first kappa shape index (κ1) is 10.5. The Kier molecular flexibility index (Phi) is 3.69. The molecule has 1 amide bonds. The van der Waals surface area contributed by atoms with Gasteiger partial charge in [-0.2, -0.15) is 0 Å². The number of amides is 1. The van der Waals surface area contributed by atoms with Crippen LogP contribution < -0.4 is 5.32 Å². The van der Waals surface area contributed by atoms with E-state index < -0.39 is 0 Å². The number of methoxy groups -OCH3 is 1. The number of carbonyl (C=O) groups is 1. The smallest absolute Gasteiger partial charge is 0.246 e. The first-order valence-electron chi connectivity index (χ1n) is 4.56. The average Bonchev–Trinajstić information content (AvgIpc) is 2.12. The van der Waals surface area contributed by atoms with Crippen molar-refractivity contribution >= 4 is 5.91 Å². The molecule has 1 unspecified atom stereocenters. The zero-order valence-electron chi connectivity index (χ0n) is 8.26. The van der Waals surface area contributed by atoms with Crippen molar-refractivity contribution < 1.29 is 14.3 Å². The molecule has 0 aromatic heterocycles. The van der Waals surface area contributed by atoms with Crippen LogP contribution in [0.4, 0.5) is 0 Å². The van der Waals surface area contributed by atoms with Crippen molar-refractivity contribution in [2.75, 3.05) is 26.9 Å². The van der Waals surface area contributed by atoms with Crippen molar-refractivity contribution in [1.29, 1.82) is 0 Å². The molecule has 1 aliphatic heterocycles. The van der Waals surface area contributed by atoms with Crippen LogP contribution >= 0.6 is 0 Å². The fourth-order valence-electron chi connectivity index (χ4n) is 1.38. The van der Waals surface area contributed by atoms with Gasteiger partial charge >= 0.3 is 0 Å². The van der Waals surface area contributed by atoms with Gasteiger partial charge in [0.05, 0.1) is 5.60 Å². The predicted molar refractivity (Wildman–Crippen MR) is 48.5 cm³/mol. The lowest BCUT2D eigenvalue weighted by molar-refractivity contribution is -0.142. The molecule has 0 spiro atoms. The number of morpholine rings is 1. The summed E-state index contributed by atoms with van der Waals surface area (Å²) in [6.07, 6.45) is 1.88. The third-order valence-electron chi connectivity index (χ3n) is 2.27. The molecule has 1 saturated heterocycles. The third kappa shape index (κ3) is 3.32. The van der Waals surface area contributed by atoms with Gasteiger partial charge in [-0.25, -0.2) is 0 Å². The van der Waals surface area contributed by atoms with E-state index in [9.17, 15) is 4.79 Å². The highest BCUT2D eigenvalue weighted by Crippen LogP contribution is 2.19. The summed E-state index contributed by atoms with van der Waals surface area (Å²) in [7, 11) is 1.69. The van der Waals surface area contributed by atoms with Gasteiger partial charge in [0.25, 0.3) is 0 Å². The fourth-order valence-corrected chi connectivity index (χ4v) is 1.38. The van der Waals surface area contributed by atoms with Gasteiger partial charge in [0.2, 0.25) is 5.91 Å². The van der Waals surface area contributed by atoms with Gasteiger partial charge in [0, 0.05) is 20.3 Å². The van der Waals surface area contributed by atoms with E-state index in [-0.39, 0.29) is 18.1 Å². The van der Waals surface area contributed by atoms with Crippen LogP contribution in [-0.4, -0.2) is 38.4 Å². The minimum Gasteiger partial charge on any atom is -0.385 e. The number of carbonyl (C=O) groups excluding carboxylic acids is 1. The molecule has 1 atom stereocenters. The number of nitrogens with one attached hydrogen (secondary N) is 1. The highest BCUT2D eigenvalue weighted by atomic mass is 16.5. The summed E-state index contributed by atoms with van der Waals surface area (Å²) in [6, 6.07) is 0. The molecule has 76 valence electrons. The highest BCUT2D eigenvalue weighted by molar-refractivity contribution is 5.77. The molecule has 0 aromatic carbocycles. The van der Waals surface area contributed by atoms with E-state index in [0.29, 0.717) is 6.54 Å². The third-order valence-corrected chi connectivity index (χ3v) is 2.27. The molecule has 0 radical (unpaired) electrons. The van der Waals surface area contributed by atoms with E-state index in [1.54, 1.807) is 7.11 Å². The molecule has 1 rings (SSSR count). The minimum absolute atomic E-state index is 0.0239. The largest absolute Gasteiger partial charge is 0.385 e. The fraction of sp³-hybridized carbons (Fsp3) is 0.889. The van der Waals surface area contributed by atoms with Crippen LogP contribution in [0.3, 0.4) is 0 Å². The summed E-state index contributed by atoms with van der Waals surface area (Å²) in [5.41, 5.74) is -0.202. The van der Waals surface area contributed by atoms with E-state index in [4.69, 9.17) is 9.47 Å². The first-order valence-corrected chi connectivity index (χ1v) is 4.56. The number of rotatable bonds is 4. The molecule has 4 nitrogen and oxygen atoms in total. The summed E-state index contributed by atoms with van der Waals surface area (Å²) in [6.45, 7) is 3.55. The molecule has 1 fully saturated rings. The SMILES string of the molecule is COCCCC1(C)CNC(=O)CO1. The van der Waals surface area contributed by atoms with Crippen LogP contribution in [0, 0.1) is 0 Å². The molecule has 0 saturated carbocycles. The van der Waals surface area contributed by atoms with Crippen LogP contribution in [0.1, 0.15) is 19.8 Å². The van der Waals surface area contributed by atoms with Crippen molar-refractivity contribution in [1.82, 2.24) is 5.32 Å². The molecule has 0 bridgehead atoms. The van der Waals surface area contributed by atoms with Gasteiger partial charge in [-0.15, -0.1) is 0 Å². The lowest BCUT2D eigenvalue weighted by atomic mass is 9.99. The molecular formula is C9H17NO3. The summed E-state index contributed by atoms with van der Waals surface area (Å²) in [5, 5.41) is 2.79. The van der Waals surface area contributed by atoms with E-state index >= 15 is 0 Å². The van der Waals surface area contributed by atoms with Crippen molar-refractivity contribution in [3.05, 3.63) is 0 Å². The number of hydrogen-bond acceptors (Lipinski definition) is 3. The van der Waals surface area contributed by atoms with E-state index in [0.717, 1.165) is 19.4 Å². The molecule has 1 heterocycles. The second-order valence-corrected chi connectivity index (χ2v) is 3.61. The minimum atomic E-state index is -0.202. The quantitative estimate of drug-likeness (QED) is 0.645. The molecule has 4 heteroatoms. The van der Waals surface area contributed by atoms with Gasteiger partial charge in [0.1, 0.15) is 6.61 Å². The molecule has 0 aliphatic carbocycles. The maximum absolute atomic E-state index is 10.8. The average molecular weight is 187 g/mol. The standard InChI is InChI=1S/C9H17NO3/c1-9(4-3-5-12-2)7-10-8(11)6-13-9/h3-7H2,1-2H3,(H,10,11). The van der Waals surface area contributed by atoms with E-state index in [1.165, 1.54) is 0 Å². The summed E-state index contributed by atoms with van der Waals surface area (Å²) in [4.78, 5) is 10.8. The number of ether oxygens (including phenoxy) is 2. The number of hydrogen-bond donors (Lipinski definition) is 1. The lowest BCUT2D eigenvalue weighted by Crippen LogP contribution is -2.50. The Balaban J connectivity index is 2.26. The first-order chi connectivity index (χ1) is 6.16. The zero-order valence-corrected chi connectivity index (χ0v) is 8.26. The van der Waals surface area contributed by atoms with Gasteiger partial charge in [0.15, 0.2) is 0 Å². The van der Waals surface area contributed by atoms with E-state index in [2.05, 4.69) is 5.32 Å². The van der Waals surface area contributed by atoms with Gasteiger partial charge < -0.3 is 14.8 Å². The molecule has 1 N–H and O–H groups in total. The van der Waals surface area contributed by atoms with Gasteiger partial charge in [-0.05, 0) is 19.8 Å². The molecular weight excluding hydrogens is 170 g/mol. The maximum atomic E-state index is 10.8. The topological polar surface area (TPSA) is 47.6 Å². The van der Waals surface area contributed by atoms with Crippen LogP contribution in [-0.2, 0) is 14.3 Å². The van der Waals surface area contributed by atoms with Crippen molar-refractivity contribution in [3.8, 4) is 0 Å². The summed E-state index contributed by atoms with van der Waals surface area (Å²) >= 11 is 0. The van der Waals surface area contributed by atoms with Crippen molar-refractivity contribution in [3.63, 3.8) is 0 Å². The van der Waals surface area contributed by atoms with Crippen molar-refractivity contribution in [2.24, 2.45) is 0 Å². The van der Waals surface area contributed by atoms with Gasteiger partial charge in [-0.1, -0.05) is 0 Å². The van der Waals surface area contributed by atoms with Crippen LogP contribution in [0.15, 0.2) is 0 Å². The second-order valence-electron chi connectivity index (χ2n) is 3.61. The summed E-state index contributed by atoms with van der Waals surface area (Å²) in [5.74, 6) is -0.0239. The Bertz CT molecular complexity index is 172. The van der Waals surface area contributed by atoms with Gasteiger partial charge in [-0.3, -0.25) is 4.79 Å². The zero-order chi connectivity index (χ0) is 9.73. The second kappa shape index (κ2) is 4.58.